The van der Waals surface area contributed by atoms with E-state index in [1.165, 1.54) is 5.56 Å². The molecule has 0 bridgehead atoms. The van der Waals surface area contributed by atoms with E-state index in [1.807, 2.05) is 31.2 Å². The maximum Gasteiger partial charge on any atom is 0.257 e. The average Bonchev–Trinajstić information content (AvgIpc) is 2.62. The predicted octanol–water partition coefficient (Wildman–Crippen LogP) is 0.890. The van der Waals surface area contributed by atoms with Gasteiger partial charge in [-0.1, -0.05) is 38.1 Å². The van der Waals surface area contributed by atoms with Crippen LogP contribution in [0.25, 0.3) is 0 Å². The lowest BCUT2D eigenvalue weighted by Crippen LogP contribution is -2.47. The second kappa shape index (κ2) is 5.85. The van der Waals surface area contributed by atoms with Gasteiger partial charge in [-0.05, 0) is 24.8 Å². The van der Waals surface area contributed by atoms with Gasteiger partial charge in [0.25, 0.3) is 5.91 Å². The molecule has 1 aromatic carbocycles. The Labute approximate surface area is 126 Å². The Morgan fingerprint density at radius 3 is 2.38 bits per heavy atom. The Morgan fingerprint density at radius 1 is 1.29 bits per heavy atom. The Morgan fingerprint density at radius 2 is 1.86 bits per heavy atom. The molecule has 0 saturated heterocycles. The fraction of sp³-hybridized carbons (Fsp3) is 0.500. The highest BCUT2D eigenvalue weighted by molar-refractivity contribution is 6.06. The van der Waals surface area contributed by atoms with E-state index in [0.29, 0.717) is 24.8 Å². The number of benzene rings is 1. The third-order valence-corrected chi connectivity index (χ3v) is 3.80. The van der Waals surface area contributed by atoms with Crippen LogP contribution in [0, 0.1) is 5.92 Å². The monoisotopic (exact) mass is 289 g/mol. The van der Waals surface area contributed by atoms with Gasteiger partial charge in [-0.15, -0.1) is 0 Å². The maximum absolute atomic E-state index is 12.6. The summed E-state index contributed by atoms with van der Waals surface area (Å²) in [5.41, 5.74) is 11.3. The van der Waals surface area contributed by atoms with E-state index in [-0.39, 0.29) is 5.91 Å². The molecule has 0 aliphatic carbocycles. The molecule has 0 spiro atoms. The van der Waals surface area contributed by atoms with Crippen molar-refractivity contribution in [2.75, 3.05) is 0 Å². The summed E-state index contributed by atoms with van der Waals surface area (Å²) >= 11 is 0. The van der Waals surface area contributed by atoms with E-state index in [0.717, 1.165) is 12.1 Å². The first-order chi connectivity index (χ1) is 9.85. The highest BCUT2D eigenvalue weighted by Gasteiger charge is 2.43. The van der Waals surface area contributed by atoms with Gasteiger partial charge in [0.05, 0.1) is 13.1 Å². The molecular formula is C16H25N4O+. The largest absolute Gasteiger partial charge is 0.369 e. The number of quaternary nitrogens is 1. The topological polar surface area (TPSA) is 86.3 Å². The van der Waals surface area contributed by atoms with Gasteiger partial charge < -0.3 is 11.5 Å². The number of carbonyl (C=O) groups is 1. The van der Waals surface area contributed by atoms with Gasteiger partial charge >= 0.3 is 0 Å². The quantitative estimate of drug-likeness (QED) is 0.843. The van der Waals surface area contributed by atoms with Crippen LogP contribution in [0.15, 0.2) is 29.3 Å². The van der Waals surface area contributed by atoms with Crippen molar-refractivity contribution in [3.05, 3.63) is 35.4 Å². The molecule has 1 aliphatic heterocycles. The van der Waals surface area contributed by atoms with Crippen molar-refractivity contribution in [1.29, 1.82) is 0 Å². The van der Waals surface area contributed by atoms with Crippen molar-refractivity contribution >= 4 is 11.9 Å². The fourth-order valence-electron chi connectivity index (χ4n) is 2.83. The standard InChI is InChI=1S/C16H24N4O/c1-11(2)8-16(3)14(21)20(15(18)19-16)10-13-6-4-12(9-17)5-7-13/h4-7,11H,8-10,17H2,1-3H3,(H2,18,19)/p+1. The van der Waals surface area contributed by atoms with Crippen molar-refractivity contribution in [1.82, 2.24) is 4.90 Å². The Balaban J connectivity index is 2.14. The minimum Gasteiger partial charge on any atom is -0.369 e. The molecule has 1 amide bonds. The van der Waals surface area contributed by atoms with Gasteiger partial charge in [-0.2, -0.15) is 0 Å². The second-order valence-electron chi connectivity index (χ2n) is 6.30. The molecule has 5 nitrogen and oxygen atoms in total. The second-order valence-corrected chi connectivity index (χ2v) is 6.30. The summed E-state index contributed by atoms with van der Waals surface area (Å²) in [6, 6.07) is 8.09. The zero-order chi connectivity index (χ0) is 15.6. The molecule has 21 heavy (non-hydrogen) atoms. The number of nitrogens with zero attached hydrogens (tertiary/aromatic N) is 2. The summed E-state index contributed by atoms with van der Waals surface area (Å²) in [6.45, 7) is 7.28. The molecule has 114 valence electrons. The number of nitrogens with two attached hydrogens (primary N) is 1. The lowest BCUT2D eigenvalue weighted by atomic mass is 9.91. The van der Waals surface area contributed by atoms with Crippen molar-refractivity contribution in [2.24, 2.45) is 16.6 Å². The van der Waals surface area contributed by atoms with Crippen LogP contribution >= 0.6 is 0 Å². The SMILES string of the molecule is CC(C)CC1(C)N=C(N)N(Cc2ccc(C[NH3+])cc2)C1=O. The van der Waals surface area contributed by atoms with E-state index in [2.05, 4.69) is 24.6 Å². The summed E-state index contributed by atoms with van der Waals surface area (Å²) in [5.74, 6) is 0.714. The number of hydrogen-bond donors (Lipinski definition) is 2. The van der Waals surface area contributed by atoms with Gasteiger partial charge in [0, 0.05) is 5.56 Å². The van der Waals surface area contributed by atoms with Gasteiger partial charge in [-0.3, -0.25) is 9.69 Å². The van der Waals surface area contributed by atoms with Gasteiger partial charge in [0.2, 0.25) is 0 Å². The van der Waals surface area contributed by atoms with Crippen LogP contribution in [0.1, 0.15) is 38.3 Å². The van der Waals surface area contributed by atoms with E-state index >= 15 is 0 Å². The smallest absolute Gasteiger partial charge is 0.257 e. The summed E-state index contributed by atoms with van der Waals surface area (Å²) in [4.78, 5) is 18.6. The fourth-order valence-corrected chi connectivity index (χ4v) is 2.83. The van der Waals surface area contributed by atoms with E-state index in [4.69, 9.17) is 5.73 Å². The molecule has 1 unspecified atom stereocenters. The summed E-state index contributed by atoms with van der Waals surface area (Å²) in [7, 11) is 0. The Bertz CT molecular complexity index is 550. The van der Waals surface area contributed by atoms with Crippen molar-refractivity contribution in [3.8, 4) is 0 Å². The molecule has 5 heteroatoms. The van der Waals surface area contributed by atoms with Crippen LogP contribution in [0.4, 0.5) is 0 Å². The molecule has 1 atom stereocenters. The van der Waals surface area contributed by atoms with Gasteiger partial charge in [0.1, 0.15) is 5.54 Å². The normalized spacial score (nSPS) is 22.0. The molecule has 0 saturated carbocycles. The van der Waals surface area contributed by atoms with Gasteiger partial charge in [0.15, 0.2) is 5.96 Å². The van der Waals surface area contributed by atoms with Crippen LogP contribution in [-0.2, 0) is 17.9 Å². The zero-order valence-corrected chi connectivity index (χ0v) is 13.1. The third-order valence-electron chi connectivity index (χ3n) is 3.80. The van der Waals surface area contributed by atoms with Crippen LogP contribution in [-0.4, -0.2) is 22.3 Å². The summed E-state index contributed by atoms with van der Waals surface area (Å²) in [5, 5.41) is 0. The molecule has 1 aromatic rings. The van der Waals surface area contributed by atoms with Crippen molar-refractivity contribution < 1.29 is 10.5 Å². The molecular weight excluding hydrogens is 264 g/mol. The molecule has 1 heterocycles. The summed E-state index contributed by atoms with van der Waals surface area (Å²) in [6.07, 6.45) is 0.712. The lowest BCUT2D eigenvalue weighted by molar-refractivity contribution is -0.386. The molecule has 0 radical (unpaired) electrons. The number of aliphatic imine (C=N–C) groups is 1. The lowest BCUT2D eigenvalue weighted by Gasteiger charge is -2.23. The zero-order valence-electron chi connectivity index (χ0n) is 13.1. The van der Waals surface area contributed by atoms with Crippen LogP contribution in [0.2, 0.25) is 0 Å². The van der Waals surface area contributed by atoms with Crippen LogP contribution in [0.5, 0.6) is 0 Å². The highest BCUT2D eigenvalue weighted by atomic mass is 16.2. The first-order valence-corrected chi connectivity index (χ1v) is 7.40. The summed E-state index contributed by atoms with van der Waals surface area (Å²) < 4.78 is 0. The first kappa shape index (κ1) is 15.5. The molecule has 2 rings (SSSR count). The molecule has 1 aliphatic rings. The number of rotatable bonds is 5. The highest BCUT2D eigenvalue weighted by Crippen LogP contribution is 2.29. The van der Waals surface area contributed by atoms with Crippen LogP contribution < -0.4 is 11.5 Å². The predicted molar refractivity (Wildman–Crippen MR) is 83.1 cm³/mol. The maximum atomic E-state index is 12.6. The third kappa shape index (κ3) is 3.24. The van der Waals surface area contributed by atoms with Gasteiger partial charge in [-0.25, -0.2) is 4.99 Å². The number of hydrogen-bond acceptors (Lipinski definition) is 3. The minimum atomic E-state index is -0.717. The Hall–Kier alpha value is -1.88. The minimum absolute atomic E-state index is 0.00469. The molecule has 0 fully saturated rings. The first-order valence-electron chi connectivity index (χ1n) is 7.40. The van der Waals surface area contributed by atoms with Crippen molar-refractivity contribution in [2.45, 2.75) is 45.8 Å². The number of amides is 1. The van der Waals surface area contributed by atoms with Crippen LogP contribution in [0.3, 0.4) is 0 Å². The molecule has 5 N–H and O–H groups in total. The molecule has 0 aromatic heterocycles. The van der Waals surface area contributed by atoms with Crippen molar-refractivity contribution in [3.63, 3.8) is 0 Å². The Kier molecular flexibility index (Phi) is 4.32. The average molecular weight is 289 g/mol. The van der Waals surface area contributed by atoms with E-state index in [1.54, 1.807) is 4.90 Å². The van der Waals surface area contributed by atoms with E-state index < -0.39 is 5.54 Å². The number of carbonyl (C=O) groups excluding carboxylic acids is 1. The number of guanidine groups is 1. The van der Waals surface area contributed by atoms with E-state index in [9.17, 15) is 4.79 Å².